The van der Waals surface area contributed by atoms with Crippen molar-refractivity contribution in [3.63, 3.8) is 0 Å². The number of rotatable bonds is 6. The molecule has 5 heteroatoms. The van der Waals surface area contributed by atoms with Crippen LogP contribution in [0.1, 0.15) is 46.0 Å². The molecule has 1 aliphatic rings. The third-order valence-electron chi connectivity index (χ3n) is 3.74. The summed E-state index contributed by atoms with van der Waals surface area (Å²) in [4.78, 5) is 15.1. The van der Waals surface area contributed by atoms with Gasteiger partial charge in [0.05, 0.1) is 17.0 Å². The van der Waals surface area contributed by atoms with E-state index in [1.165, 1.54) is 0 Å². The first-order chi connectivity index (χ1) is 9.08. The van der Waals surface area contributed by atoms with Crippen LogP contribution in [0.25, 0.3) is 0 Å². The second kappa shape index (κ2) is 7.80. The maximum Gasteiger partial charge on any atom is 0.235 e. The van der Waals surface area contributed by atoms with Crippen molar-refractivity contribution in [3.8, 4) is 0 Å². The van der Waals surface area contributed by atoms with Crippen LogP contribution in [0.3, 0.4) is 0 Å². The van der Waals surface area contributed by atoms with E-state index in [2.05, 4.69) is 13.8 Å². The zero-order valence-electron chi connectivity index (χ0n) is 12.1. The Hall–Kier alpha value is -0.680. The van der Waals surface area contributed by atoms with E-state index in [9.17, 15) is 4.79 Å². The van der Waals surface area contributed by atoms with Gasteiger partial charge in [0, 0.05) is 19.7 Å². The topological polar surface area (TPSA) is 55.6 Å². The molecule has 2 N–H and O–H groups in total. The zero-order valence-corrected chi connectivity index (χ0v) is 12.9. The Kier molecular flexibility index (Phi) is 6.72. The molecule has 1 saturated heterocycles. The number of hydrogen-bond acceptors (Lipinski definition) is 3. The SMILES string of the molecule is CCCC(CCC)(C(=O)N1CCCOCC1)C(N)=S. The minimum absolute atomic E-state index is 0.106. The molecular weight excluding hydrogens is 260 g/mol. The molecule has 0 spiro atoms. The third-order valence-corrected chi connectivity index (χ3v) is 4.13. The smallest absolute Gasteiger partial charge is 0.235 e. The molecule has 1 rings (SSSR count). The number of amides is 1. The lowest BCUT2D eigenvalue weighted by atomic mass is 9.77. The Labute approximate surface area is 121 Å². The Bertz CT molecular complexity index is 307. The molecule has 4 nitrogen and oxygen atoms in total. The van der Waals surface area contributed by atoms with E-state index in [0.717, 1.165) is 45.3 Å². The Morgan fingerprint density at radius 2 is 1.89 bits per heavy atom. The van der Waals surface area contributed by atoms with E-state index in [0.29, 0.717) is 18.1 Å². The van der Waals surface area contributed by atoms with Crippen molar-refractivity contribution in [1.82, 2.24) is 4.90 Å². The van der Waals surface area contributed by atoms with Crippen molar-refractivity contribution in [2.24, 2.45) is 11.1 Å². The largest absolute Gasteiger partial charge is 0.392 e. The molecule has 0 saturated carbocycles. The zero-order chi connectivity index (χ0) is 14.3. The Balaban J connectivity index is 2.93. The maximum atomic E-state index is 12.9. The van der Waals surface area contributed by atoms with Crippen LogP contribution >= 0.6 is 12.2 Å². The molecule has 0 unspecified atom stereocenters. The Morgan fingerprint density at radius 1 is 1.26 bits per heavy atom. The van der Waals surface area contributed by atoms with Gasteiger partial charge < -0.3 is 15.4 Å². The number of carbonyl (C=O) groups excluding carboxylic acids is 1. The second-order valence-corrected chi connectivity index (χ2v) is 5.64. The number of nitrogens with two attached hydrogens (primary N) is 1. The summed E-state index contributed by atoms with van der Waals surface area (Å²) in [5, 5.41) is 0. The van der Waals surface area contributed by atoms with Gasteiger partial charge in [-0.15, -0.1) is 0 Å². The summed E-state index contributed by atoms with van der Waals surface area (Å²) in [6.45, 7) is 6.87. The van der Waals surface area contributed by atoms with E-state index < -0.39 is 5.41 Å². The highest BCUT2D eigenvalue weighted by Crippen LogP contribution is 2.33. The normalized spacial score (nSPS) is 17.1. The molecule has 0 aromatic heterocycles. The number of thiocarbonyl (C=S) groups is 1. The minimum Gasteiger partial charge on any atom is -0.392 e. The van der Waals surface area contributed by atoms with E-state index in [4.69, 9.17) is 22.7 Å². The van der Waals surface area contributed by atoms with Gasteiger partial charge >= 0.3 is 0 Å². The van der Waals surface area contributed by atoms with Gasteiger partial charge in [-0.3, -0.25) is 4.79 Å². The van der Waals surface area contributed by atoms with Gasteiger partial charge in [-0.1, -0.05) is 38.9 Å². The molecule has 0 aliphatic carbocycles. The number of nitrogens with zero attached hydrogens (tertiary/aromatic N) is 1. The van der Waals surface area contributed by atoms with Gasteiger partial charge in [0.1, 0.15) is 0 Å². The van der Waals surface area contributed by atoms with E-state index in [1.54, 1.807) is 0 Å². The quantitative estimate of drug-likeness (QED) is 0.760. The maximum absolute atomic E-state index is 12.9. The van der Waals surface area contributed by atoms with Crippen molar-refractivity contribution in [2.45, 2.75) is 46.0 Å². The van der Waals surface area contributed by atoms with Crippen LogP contribution < -0.4 is 5.73 Å². The summed E-state index contributed by atoms with van der Waals surface area (Å²) in [5.41, 5.74) is 5.29. The highest BCUT2D eigenvalue weighted by molar-refractivity contribution is 7.80. The second-order valence-electron chi connectivity index (χ2n) is 5.20. The summed E-state index contributed by atoms with van der Waals surface area (Å²) < 4.78 is 5.41. The molecule has 1 heterocycles. The molecule has 0 radical (unpaired) electrons. The fourth-order valence-corrected chi connectivity index (χ4v) is 3.09. The highest BCUT2D eigenvalue weighted by atomic mass is 32.1. The average molecular weight is 286 g/mol. The summed E-state index contributed by atoms with van der Waals surface area (Å²) in [6, 6.07) is 0. The lowest BCUT2D eigenvalue weighted by molar-refractivity contribution is -0.139. The van der Waals surface area contributed by atoms with Crippen molar-refractivity contribution < 1.29 is 9.53 Å². The lowest BCUT2D eigenvalue weighted by Gasteiger charge is -2.36. The molecule has 0 aromatic carbocycles. The predicted molar refractivity (Wildman–Crippen MR) is 81.1 cm³/mol. The standard InChI is InChI=1S/C14H26N2O2S/c1-3-6-14(7-4-2,12(15)19)13(17)16-8-5-10-18-11-9-16/h3-11H2,1-2H3,(H2,15,19). The number of carbonyl (C=O) groups is 1. The lowest BCUT2D eigenvalue weighted by Crippen LogP contribution is -2.51. The van der Waals surface area contributed by atoms with Crippen LogP contribution in [-0.2, 0) is 9.53 Å². The van der Waals surface area contributed by atoms with Gasteiger partial charge in [0.15, 0.2) is 0 Å². The molecule has 1 fully saturated rings. The van der Waals surface area contributed by atoms with Gasteiger partial charge in [0.2, 0.25) is 5.91 Å². The summed E-state index contributed by atoms with van der Waals surface area (Å²) in [6.07, 6.45) is 4.19. The van der Waals surface area contributed by atoms with Crippen LogP contribution in [0, 0.1) is 5.41 Å². The van der Waals surface area contributed by atoms with Gasteiger partial charge in [0.25, 0.3) is 0 Å². The first-order valence-corrected chi connectivity index (χ1v) is 7.66. The minimum atomic E-state index is -0.650. The molecule has 1 amide bonds. The first kappa shape index (κ1) is 16.4. The molecule has 0 aromatic rings. The number of hydrogen-bond donors (Lipinski definition) is 1. The monoisotopic (exact) mass is 286 g/mol. The first-order valence-electron chi connectivity index (χ1n) is 7.25. The van der Waals surface area contributed by atoms with Crippen LogP contribution in [0.4, 0.5) is 0 Å². The van der Waals surface area contributed by atoms with Crippen LogP contribution in [-0.4, -0.2) is 42.1 Å². The molecule has 0 atom stereocenters. The molecular formula is C14H26N2O2S. The van der Waals surface area contributed by atoms with Gasteiger partial charge in [-0.2, -0.15) is 0 Å². The van der Waals surface area contributed by atoms with Crippen molar-refractivity contribution >= 4 is 23.1 Å². The van der Waals surface area contributed by atoms with Crippen LogP contribution in [0.2, 0.25) is 0 Å². The summed E-state index contributed by atoms with van der Waals surface area (Å²) in [7, 11) is 0. The predicted octanol–water partition coefficient (Wildman–Crippen LogP) is 2.11. The molecule has 1 aliphatic heterocycles. The Morgan fingerprint density at radius 3 is 2.42 bits per heavy atom. The van der Waals surface area contributed by atoms with Crippen LogP contribution in [0.5, 0.6) is 0 Å². The van der Waals surface area contributed by atoms with Crippen LogP contribution in [0.15, 0.2) is 0 Å². The molecule has 0 bridgehead atoms. The van der Waals surface area contributed by atoms with Crippen molar-refractivity contribution in [1.29, 1.82) is 0 Å². The van der Waals surface area contributed by atoms with E-state index in [1.807, 2.05) is 4.90 Å². The van der Waals surface area contributed by atoms with Crippen molar-refractivity contribution in [2.75, 3.05) is 26.3 Å². The third kappa shape index (κ3) is 3.89. The molecule has 110 valence electrons. The fourth-order valence-electron chi connectivity index (χ4n) is 2.80. The molecule has 19 heavy (non-hydrogen) atoms. The number of ether oxygens (including phenoxy) is 1. The summed E-state index contributed by atoms with van der Waals surface area (Å²) >= 11 is 5.24. The van der Waals surface area contributed by atoms with E-state index >= 15 is 0 Å². The highest BCUT2D eigenvalue weighted by Gasteiger charge is 2.42. The summed E-state index contributed by atoms with van der Waals surface area (Å²) in [5.74, 6) is 0.106. The van der Waals surface area contributed by atoms with E-state index in [-0.39, 0.29) is 5.91 Å². The average Bonchev–Trinajstić information content (AvgIpc) is 2.66. The van der Waals surface area contributed by atoms with Gasteiger partial charge in [-0.05, 0) is 19.3 Å². The van der Waals surface area contributed by atoms with Crippen molar-refractivity contribution in [3.05, 3.63) is 0 Å². The van der Waals surface area contributed by atoms with Gasteiger partial charge in [-0.25, -0.2) is 0 Å². The fraction of sp³-hybridized carbons (Fsp3) is 0.857.